The van der Waals surface area contributed by atoms with Crippen LogP contribution in [0, 0.1) is 25.2 Å². The van der Waals surface area contributed by atoms with E-state index in [1.54, 1.807) is 32.1 Å². The number of benzene rings is 4. The Balaban J connectivity index is 1.12. The van der Waals surface area contributed by atoms with E-state index in [1.807, 2.05) is 34.6 Å². The van der Waals surface area contributed by atoms with Crippen molar-refractivity contribution in [3.05, 3.63) is 112 Å². The van der Waals surface area contributed by atoms with Gasteiger partial charge in [-0.2, -0.15) is 17.0 Å². The molecule has 4 aliphatic heterocycles. The molecule has 0 radical (unpaired) electrons. The van der Waals surface area contributed by atoms with E-state index in [1.165, 1.54) is 22.3 Å². The maximum atomic E-state index is 13.6. The lowest BCUT2D eigenvalue weighted by Crippen LogP contribution is -2.68. The van der Waals surface area contributed by atoms with Gasteiger partial charge in [0, 0.05) is 58.9 Å². The van der Waals surface area contributed by atoms with Gasteiger partial charge < -0.3 is 37.9 Å². The zero-order valence-corrected chi connectivity index (χ0v) is 39.9. The van der Waals surface area contributed by atoms with Crippen LogP contribution < -0.4 is 29.0 Å². The smallest absolute Gasteiger partial charge is 0.409 e. The number of methoxy groups -OCH3 is 2. The number of nitrogens with zero attached hydrogens (tertiary/aromatic N) is 3. The molecule has 4 aromatic rings. The number of piperazine rings is 1. The Kier molecular flexibility index (Phi) is 12.9. The fourth-order valence-corrected chi connectivity index (χ4v) is 12.2. The number of carbonyl (C=O) groups excluding carboxylic acids is 1. The van der Waals surface area contributed by atoms with Gasteiger partial charge in [-0.05, 0) is 87.9 Å². The molecule has 1 amide bonds. The second kappa shape index (κ2) is 18.7. The van der Waals surface area contributed by atoms with Crippen LogP contribution >= 0.6 is 11.8 Å². The largest absolute Gasteiger partial charge is 0.493 e. The molecule has 6 atom stereocenters. The Morgan fingerprint density at radius 3 is 2.36 bits per heavy atom. The summed E-state index contributed by atoms with van der Waals surface area (Å²) in [6, 6.07) is 20.3. The first-order valence-electron chi connectivity index (χ1n) is 22.7. The maximum absolute atomic E-state index is 13.6. The van der Waals surface area contributed by atoms with Crippen molar-refractivity contribution in [2.45, 2.75) is 95.4 Å². The molecule has 348 valence electrons. The lowest BCUT2D eigenvalue weighted by atomic mass is 9.71. The number of aryl methyl sites for hydroxylation is 1. The molecule has 1 aliphatic carbocycles. The van der Waals surface area contributed by atoms with Crippen LogP contribution in [0.4, 0.5) is 4.79 Å². The molecule has 1 N–H and O–H groups in total. The summed E-state index contributed by atoms with van der Waals surface area (Å²) < 4.78 is 49.9. The van der Waals surface area contributed by atoms with E-state index in [4.69, 9.17) is 37.9 Å². The van der Waals surface area contributed by atoms with Crippen LogP contribution in [-0.2, 0) is 27.1 Å². The van der Waals surface area contributed by atoms with Crippen molar-refractivity contribution in [3.63, 3.8) is 0 Å². The summed E-state index contributed by atoms with van der Waals surface area (Å²) in [6.45, 7) is 13.9. The number of amides is 1. The Bertz CT molecular complexity index is 2510. The molecule has 5 aliphatic rings. The number of nitriles is 1. The summed E-state index contributed by atoms with van der Waals surface area (Å²) in [4.78, 5) is 18.3. The molecule has 66 heavy (non-hydrogen) atoms. The third kappa shape index (κ3) is 8.12. The highest BCUT2D eigenvalue weighted by molar-refractivity contribution is 7.99. The number of fused-ring (bicyclic) bond motifs is 12. The van der Waals surface area contributed by atoms with E-state index < -0.39 is 30.0 Å². The van der Waals surface area contributed by atoms with Gasteiger partial charge in [-0.1, -0.05) is 67.3 Å². The van der Waals surface area contributed by atoms with E-state index in [2.05, 4.69) is 89.4 Å². The van der Waals surface area contributed by atoms with Gasteiger partial charge in [-0.15, -0.1) is 0 Å². The Morgan fingerprint density at radius 2 is 1.70 bits per heavy atom. The third-order valence-electron chi connectivity index (χ3n) is 13.6. The molecule has 1 fully saturated rings. The van der Waals surface area contributed by atoms with Gasteiger partial charge in [0.25, 0.3) is 0 Å². The molecule has 4 heterocycles. The lowest BCUT2D eigenvalue weighted by Gasteiger charge is -2.60. The monoisotopic (exact) mass is 916 g/mol. The average molecular weight is 917 g/mol. The van der Waals surface area contributed by atoms with Crippen molar-refractivity contribution in [3.8, 4) is 45.9 Å². The normalized spacial score (nSPS) is 21.9. The summed E-state index contributed by atoms with van der Waals surface area (Å²) in [5.41, 5.74) is 10.1. The van der Waals surface area contributed by atoms with Gasteiger partial charge in [0.15, 0.2) is 29.8 Å². The first-order valence-corrected chi connectivity index (χ1v) is 23.8. The topological polar surface area (TPSA) is 133 Å². The van der Waals surface area contributed by atoms with E-state index in [0.717, 1.165) is 39.1 Å². The minimum absolute atomic E-state index is 0.0344. The molecule has 14 heteroatoms. The molecule has 13 nitrogen and oxygen atoms in total. The number of ether oxygens (including phenoxy) is 8. The highest BCUT2D eigenvalue weighted by Gasteiger charge is 2.57. The molecular weight excluding hydrogens is 857 g/mol. The molecule has 0 spiro atoms. The zero-order chi connectivity index (χ0) is 46.4. The number of hydrogen-bond donors (Lipinski definition) is 1. The van der Waals surface area contributed by atoms with Crippen LogP contribution in [0.2, 0.25) is 0 Å². The number of nitrogens with one attached hydrogen (secondary N) is 1. The Morgan fingerprint density at radius 1 is 0.985 bits per heavy atom. The maximum Gasteiger partial charge on any atom is 0.409 e. The minimum Gasteiger partial charge on any atom is -0.493 e. The van der Waals surface area contributed by atoms with Crippen LogP contribution in [0.25, 0.3) is 11.1 Å². The molecule has 4 aromatic carbocycles. The first-order chi connectivity index (χ1) is 31.9. The van der Waals surface area contributed by atoms with E-state index in [-0.39, 0.29) is 50.8 Å². The van der Waals surface area contributed by atoms with Crippen LogP contribution in [0.15, 0.2) is 67.3 Å². The first kappa shape index (κ1) is 45.7. The predicted molar refractivity (Wildman–Crippen MR) is 253 cm³/mol. The zero-order valence-electron chi connectivity index (χ0n) is 39.1. The highest BCUT2D eigenvalue weighted by atomic mass is 32.2. The number of hydrogen-bond acceptors (Lipinski definition) is 13. The number of likely N-dealkylation sites (N-methyl/N-ethyl adjacent to an activating group) is 1. The second-order valence-electron chi connectivity index (χ2n) is 18.6. The molecule has 0 aromatic heterocycles. The third-order valence-corrected chi connectivity index (χ3v) is 14.7. The van der Waals surface area contributed by atoms with Gasteiger partial charge in [0.2, 0.25) is 6.79 Å². The molecule has 1 saturated heterocycles. The highest BCUT2D eigenvalue weighted by Crippen LogP contribution is 2.59. The second-order valence-corrected chi connectivity index (χ2v) is 19.7. The van der Waals surface area contributed by atoms with E-state index in [9.17, 15) is 10.1 Å². The van der Waals surface area contributed by atoms with Crippen LogP contribution in [-0.4, -0.2) is 105 Å². The van der Waals surface area contributed by atoms with Gasteiger partial charge in [-0.25, -0.2) is 4.79 Å². The SMILES string of the molecule is C=CCOc1c(C)c2c(c3c1CC1[C@H]4c5c(cc(C)c(OC)c5OCOC)C[C@@H]([C@H](C#N)N1[C@H]3COC(CSCC1c3ccccc3-c3ccccc31)NC(=O)OC(C)(C)C)N4C)OCO2. The predicted octanol–water partition coefficient (Wildman–Crippen LogP) is 8.77. The van der Waals surface area contributed by atoms with Crippen molar-refractivity contribution in [1.29, 1.82) is 5.26 Å². The van der Waals surface area contributed by atoms with Gasteiger partial charge in [0.1, 0.15) is 30.2 Å². The van der Waals surface area contributed by atoms with E-state index in [0.29, 0.717) is 47.3 Å². The molecule has 0 saturated carbocycles. The van der Waals surface area contributed by atoms with Gasteiger partial charge >= 0.3 is 6.09 Å². The number of thioether (sulfide) groups is 1. The summed E-state index contributed by atoms with van der Waals surface area (Å²) in [5.74, 6) is 4.59. The average Bonchev–Trinajstić information content (AvgIpc) is 3.91. The number of carbonyl (C=O) groups is 1. The molecule has 2 bridgehead atoms. The quantitative estimate of drug-likeness (QED) is 0.0901. The summed E-state index contributed by atoms with van der Waals surface area (Å²) >= 11 is 1.72. The standard InChI is InChI=1S/C52H60N4O9S/c1-10-19-60-47-30(3)48-50(64-28-63-48)44-36(47)22-39-45-43-31(20-29(2)46(59-9)49(43)62-27-58-8)21-38(55(45)7)40(23-53)56(39)41(44)24-61-42(54-51(57)65-52(4,5)6)26-66-25-37-34-17-13-11-15-32(34)33-16-12-14-18-35(33)37/h10-18,20,37-42,45H,1,19,21-22,24-28H2,2-9H3,(H,54,57)/t38-,39?,40-,41-,42?,45-/m0/s1. The Hall–Kier alpha value is -5.43. The fraction of sp³-hybridized carbons (Fsp3) is 0.462. The lowest BCUT2D eigenvalue weighted by molar-refractivity contribution is -0.0979. The van der Waals surface area contributed by atoms with Crippen molar-refractivity contribution in [2.75, 3.05) is 59.6 Å². The van der Waals surface area contributed by atoms with E-state index >= 15 is 0 Å². The molecule has 2 unspecified atom stereocenters. The minimum atomic E-state index is -0.762. The number of alkyl carbamates (subject to hydrolysis) is 1. The summed E-state index contributed by atoms with van der Waals surface area (Å²) in [7, 11) is 5.37. The van der Waals surface area contributed by atoms with Crippen LogP contribution in [0.3, 0.4) is 0 Å². The van der Waals surface area contributed by atoms with Crippen molar-refractivity contribution < 1.29 is 42.7 Å². The van der Waals surface area contributed by atoms with Crippen LogP contribution in [0.1, 0.15) is 83.3 Å². The summed E-state index contributed by atoms with van der Waals surface area (Å²) in [6.07, 6.45) is 1.50. The van der Waals surface area contributed by atoms with Crippen LogP contribution in [0.5, 0.6) is 28.7 Å². The van der Waals surface area contributed by atoms with Crippen molar-refractivity contribution in [2.24, 2.45) is 0 Å². The molecule has 9 rings (SSSR count). The molecular formula is C52H60N4O9S. The number of rotatable bonds is 15. The fourth-order valence-electron chi connectivity index (χ4n) is 11.1. The van der Waals surface area contributed by atoms with Crippen molar-refractivity contribution >= 4 is 17.9 Å². The Labute approximate surface area is 392 Å². The van der Waals surface area contributed by atoms with Gasteiger partial charge in [-0.3, -0.25) is 15.1 Å². The van der Waals surface area contributed by atoms with Gasteiger partial charge in [0.05, 0.1) is 31.9 Å². The van der Waals surface area contributed by atoms with Crippen molar-refractivity contribution in [1.82, 2.24) is 15.1 Å². The summed E-state index contributed by atoms with van der Waals surface area (Å²) in [5, 5.41) is 14.4.